The summed E-state index contributed by atoms with van der Waals surface area (Å²) in [5.41, 5.74) is 4.96. The molecule has 0 aromatic carbocycles. The van der Waals surface area contributed by atoms with Gasteiger partial charge in [-0.2, -0.15) is 0 Å². The molecule has 1 aliphatic carbocycles. The topological polar surface area (TPSA) is 104 Å². The highest BCUT2D eigenvalue weighted by Crippen LogP contribution is 2.27. The van der Waals surface area contributed by atoms with E-state index in [4.69, 9.17) is 10.8 Å². The van der Waals surface area contributed by atoms with E-state index in [0.717, 1.165) is 17.7 Å². The molecule has 0 aromatic heterocycles. The summed E-state index contributed by atoms with van der Waals surface area (Å²) < 4.78 is 0. The van der Waals surface area contributed by atoms with Gasteiger partial charge in [-0.05, 0) is 12.8 Å². The van der Waals surface area contributed by atoms with E-state index in [1.807, 2.05) is 0 Å². The molecule has 1 saturated carbocycles. The molecule has 1 aliphatic rings. The van der Waals surface area contributed by atoms with Crippen LogP contribution < -0.4 is 5.73 Å². The Bertz CT molecular complexity index is 314. The minimum absolute atomic E-state index is 0.0149. The Morgan fingerprint density at radius 1 is 1.31 bits per heavy atom. The summed E-state index contributed by atoms with van der Waals surface area (Å²) in [4.78, 5) is 35.4. The second-order valence-electron chi connectivity index (χ2n) is 3.86. The van der Waals surface area contributed by atoms with Crippen LogP contribution in [0.25, 0.3) is 0 Å². The molecular weight excluding hydrogens is 214 g/mol. The second-order valence-corrected chi connectivity index (χ2v) is 3.86. The maximum absolute atomic E-state index is 11.8. The predicted molar refractivity (Wildman–Crippen MR) is 54.6 cm³/mol. The van der Waals surface area contributed by atoms with Gasteiger partial charge < -0.3 is 20.6 Å². The van der Waals surface area contributed by atoms with Crippen molar-refractivity contribution in [2.45, 2.75) is 18.9 Å². The van der Waals surface area contributed by atoms with Crippen molar-refractivity contribution >= 4 is 17.9 Å². The number of hydrogen-bond acceptors (Lipinski definition) is 3. The number of carbonyl (C=O) groups is 3. The molecule has 16 heavy (non-hydrogen) atoms. The largest absolute Gasteiger partial charge is 0.480 e. The van der Waals surface area contributed by atoms with Crippen molar-refractivity contribution in [3.63, 3.8) is 0 Å². The van der Waals surface area contributed by atoms with Gasteiger partial charge in [0, 0.05) is 13.1 Å². The first-order valence-electron chi connectivity index (χ1n) is 4.93. The van der Waals surface area contributed by atoms with E-state index < -0.39 is 17.9 Å². The SMILES string of the molecule is CN(CC(N)=O)C(=O)N(CC(=O)O)C1CC1. The Kier molecular flexibility index (Phi) is 3.70. The Morgan fingerprint density at radius 2 is 1.88 bits per heavy atom. The van der Waals surface area contributed by atoms with Crippen LogP contribution >= 0.6 is 0 Å². The van der Waals surface area contributed by atoms with Crippen molar-refractivity contribution in [2.24, 2.45) is 5.73 Å². The van der Waals surface area contributed by atoms with Crippen molar-refractivity contribution in [1.29, 1.82) is 0 Å². The number of carboxylic acids is 1. The highest BCUT2D eigenvalue weighted by molar-refractivity contribution is 5.85. The molecule has 0 radical (unpaired) electrons. The molecule has 90 valence electrons. The maximum atomic E-state index is 11.8. The van der Waals surface area contributed by atoms with Gasteiger partial charge in [0.25, 0.3) is 0 Å². The Balaban J connectivity index is 2.59. The number of likely N-dealkylation sites (N-methyl/N-ethyl adjacent to an activating group) is 1. The highest BCUT2D eigenvalue weighted by Gasteiger charge is 2.35. The summed E-state index contributed by atoms with van der Waals surface area (Å²) in [5.74, 6) is -1.69. The molecule has 0 spiro atoms. The summed E-state index contributed by atoms with van der Waals surface area (Å²) in [6, 6.07) is -0.484. The average Bonchev–Trinajstić information content (AvgIpc) is 2.94. The Morgan fingerprint density at radius 3 is 2.25 bits per heavy atom. The number of hydrogen-bond donors (Lipinski definition) is 2. The quantitative estimate of drug-likeness (QED) is 0.635. The molecule has 0 bridgehead atoms. The van der Waals surface area contributed by atoms with Gasteiger partial charge in [0.1, 0.15) is 13.1 Å². The van der Waals surface area contributed by atoms with Crippen molar-refractivity contribution in [3.8, 4) is 0 Å². The smallest absolute Gasteiger partial charge is 0.323 e. The van der Waals surface area contributed by atoms with E-state index >= 15 is 0 Å². The monoisotopic (exact) mass is 229 g/mol. The average molecular weight is 229 g/mol. The summed E-state index contributed by atoms with van der Waals surface area (Å²) in [6.45, 7) is -0.547. The molecule has 0 atom stereocenters. The van der Waals surface area contributed by atoms with Crippen LogP contribution in [0.1, 0.15) is 12.8 Å². The number of aliphatic carboxylic acids is 1. The van der Waals surface area contributed by atoms with Crippen LogP contribution in [-0.2, 0) is 9.59 Å². The number of primary amides is 1. The Hall–Kier alpha value is -1.79. The van der Waals surface area contributed by atoms with Crippen molar-refractivity contribution in [3.05, 3.63) is 0 Å². The van der Waals surface area contributed by atoms with Crippen LogP contribution in [-0.4, -0.2) is 59.0 Å². The van der Waals surface area contributed by atoms with E-state index in [9.17, 15) is 14.4 Å². The third-order valence-corrected chi connectivity index (χ3v) is 2.26. The molecule has 0 aliphatic heterocycles. The zero-order valence-corrected chi connectivity index (χ0v) is 9.05. The van der Waals surface area contributed by atoms with Gasteiger partial charge in [-0.1, -0.05) is 0 Å². The molecule has 0 saturated heterocycles. The fraction of sp³-hybridized carbons (Fsp3) is 0.667. The molecule has 0 heterocycles. The molecular formula is C9H15N3O4. The van der Waals surface area contributed by atoms with Crippen molar-refractivity contribution in [1.82, 2.24) is 9.80 Å². The summed E-state index contributed by atoms with van der Waals surface area (Å²) >= 11 is 0. The first-order chi connectivity index (χ1) is 7.41. The number of urea groups is 1. The fourth-order valence-corrected chi connectivity index (χ4v) is 1.41. The summed E-state index contributed by atoms with van der Waals surface area (Å²) in [6.07, 6.45) is 1.62. The minimum atomic E-state index is -1.06. The first kappa shape index (κ1) is 12.3. The number of carbonyl (C=O) groups excluding carboxylic acids is 2. The van der Waals surface area contributed by atoms with Crippen LogP contribution in [0.4, 0.5) is 4.79 Å². The molecule has 1 rings (SSSR count). The first-order valence-corrected chi connectivity index (χ1v) is 4.93. The number of rotatable bonds is 5. The lowest BCUT2D eigenvalue weighted by Gasteiger charge is -2.26. The number of amides is 3. The zero-order valence-electron chi connectivity index (χ0n) is 9.05. The van der Waals surface area contributed by atoms with E-state index in [0.29, 0.717) is 0 Å². The normalized spacial score (nSPS) is 14.3. The molecule has 1 fully saturated rings. The van der Waals surface area contributed by atoms with E-state index in [1.54, 1.807) is 0 Å². The number of nitrogens with two attached hydrogens (primary N) is 1. The number of nitrogens with zero attached hydrogens (tertiary/aromatic N) is 2. The number of carboxylic acid groups (broad SMARTS) is 1. The van der Waals surface area contributed by atoms with Crippen LogP contribution in [0.3, 0.4) is 0 Å². The molecule has 7 heteroatoms. The third kappa shape index (κ3) is 3.41. The minimum Gasteiger partial charge on any atom is -0.480 e. The zero-order chi connectivity index (χ0) is 12.3. The van der Waals surface area contributed by atoms with Gasteiger partial charge in [0.15, 0.2) is 0 Å². The molecule has 0 aromatic rings. The summed E-state index contributed by atoms with van der Waals surface area (Å²) in [5, 5.41) is 8.67. The lowest BCUT2D eigenvalue weighted by Crippen LogP contribution is -2.47. The Labute approximate surface area is 92.8 Å². The van der Waals surface area contributed by atoms with Crippen LogP contribution in [0, 0.1) is 0 Å². The van der Waals surface area contributed by atoms with Gasteiger partial charge >= 0.3 is 12.0 Å². The van der Waals surface area contributed by atoms with E-state index in [-0.39, 0.29) is 19.1 Å². The molecule has 7 nitrogen and oxygen atoms in total. The lowest BCUT2D eigenvalue weighted by atomic mass is 10.4. The molecule has 0 unspecified atom stereocenters. The standard InChI is InChI=1S/C9H15N3O4/c1-11(4-7(10)13)9(16)12(5-8(14)15)6-2-3-6/h6H,2-5H2,1H3,(H2,10,13)(H,14,15). The van der Waals surface area contributed by atoms with Gasteiger partial charge in [-0.15, -0.1) is 0 Å². The molecule has 3 N–H and O–H groups in total. The van der Waals surface area contributed by atoms with Gasteiger partial charge in [0.2, 0.25) is 5.91 Å². The van der Waals surface area contributed by atoms with Crippen molar-refractivity contribution < 1.29 is 19.5 Å². The fourth-order valence-electron chi connectivity index (χ4n) is 1.41. The third-order valence-electron chi connectivity index (χ3n) is 2.26. The molecule has 3 amide bonds. The highest BCUT2D eigenvalue weighted by atomic mass is 16.4. The lowest BCUT2D eigenvalue weighted by molar-refractivity contribution is -0.137. The van der Waals surface area contributed by atoms with Crippen LogP contribution in [0.2, 0.25) is 0 Å². The van der Waals surface area contributed by atoms with Crippen molar-refractivity contribution in [2.75, 3.05) is 20.1 Å². The van der Waals surface area contributed by atoms with E-state index in [1.165, 1.54) is 11.9 Å². The maximum Gasteiger partial charge on any atom is 0.323 e. The summed E-state index contributed by atoms with van der Waals surface area (Å²) in [7, 11) is 1.42. The predicted octanol–water partition coefficient (Wildman–Crippen LogP) is -0.927. The van der Waals surface area contributed by atoms with Gasteiger partial charge in [0.05, 0.1) is 0 Å². The van der Waals surface area contributed by atoms with Crippen LogP contribution in [0.15, 0.2) is 0 Å². The van der Waals surface area contributed by atoms with Crippen LogP contribution in [0.5, 0.6) is 0 Å². The van der Waals surface area contributed by atoms with Gasteiger partial charge in [-0.25, -0.2) is 4.79 Å². The van der Waals surface area contributed by atoms with Gasteiger partial charge in [-0.3, -0.25) is 9.59 Å². The second kappa shape index (κ2) is 4.82. The van der Waals surface area contributed by atoms with E-state index in [2.05, 4.69) is 0 Å².